The number of sulfone groups is 1. The van der Waals surface area contributed by atoms with Crippen LogP contribution >= 0.6 is 12.2 Å². The summed E-state index contributed by atoms with van der Waals surface area (Å²) in [6, 6.07) is 6.51. The van der Waals surface area contributed by atoms with Crippen molar-refractivity contribution in [2.24, 2.45) is 18.4 Å². The van der Waals surface area contributed by atoms with E-state index in [2.05, 4.69) is 31.2 Å². The van der Waals surface area contributed by atoms with Gasteiger partial charge < -0.3 is 4.57 Å². The van der Waals surface area contributed by atoms with Crippen LogP contribution in [0.4, 0.5) is 4.39 Å². The van der Waals surface area contributed by atoms with Gasteiger partial charge in [-0.25, -0.2) is 17.5 Å². The molecule has 1 aliphatic rings. The molecule has 6 nitrogen and oxygen atoms in total. The van der Waals surface area contributed by atoms with E-state index >= 15 is 0 Å². The van der Waals surface area contributed by atoms with Crippen LogP contribution in [0, 0.1) is 21.9 Å². The Kier molecular flexibility index (Phi) is 6.31. The lowest BCUT2D eigenvalue weighted by molar-refractivity contribution is 0.251. The van der Waals surface area contributed by atoms with Crippen LogP contribution in [0.15, 0.2) is 24.3 Å². The molecule has 160 valence electrons. The Balaban J connectivity index is 1.75. The van der Waals surface area contributed by atoms with E-state index in [1.165, 1.54) is 12.1 Å². The summed E-state index contributed by atoms with van der Waals surface area (Å²) in [5.41, 5.74) is 0.897. The maximum Gasteiger partial charge on any atom is 0.198 e. The molecule has 1 fully saturated rings. The molecule has 1 aliphatic heterocycles. The summed E-state index contributed by atoms with van der Waals surface area (Å²) in [5.74, 6) is 1.12. The molecule has 0 amide bonds. The summed E-state index contributed by atoms with van der Waals surface area (Å²) in [7, 11) is -1.05. The van der Waals surface area contributed by atoms with Crippen molar-refractivity contribution in [2.75, 3.05) is 11.5 Å². The zero-order chi connectivity index (χ0) is 21.4. The van der Waals surface area contributed by atoms with E-state index in [1.54, 1.807) is 16.8 Å². The number of aromatic nitrogens is 3. The Morgan fingerprint density at radius 2 is 1.97 bits per heavy atom. The number of rotatable bonds is 6. The predicted octanol–water partition coefficient (Wildman–Crippen LogP) is 3.40. The Labute approximate surface area is 177 Å². The van der Waals surface area contributed by atoms with Gasteiger partial charge in [-0.1, -0.05) is 32.9 Å². The molecule has 3 rings (SSSR count). The second kappa shape index (κ2) is 8.28. The summed E-state index contributed by atoms with van der Waals surface area (Å²) in [6.45, 7) is 6.78. The monoisotopic (exact) mass is 440 g/mol. The average Bonchev–Trinajstić information content (AvgIpc) is 3.09. The molecule has 0 bridgehead atoms. The van der Waals surface area contributed by atoms with Crippen molar-refractivity contribution in [1.82, 2.24) is 19.7 Å². The van der Waals surface area contributed by atoms with Gasteiger partial charge in [0.25, 0.3) is 0 Å². The molecule has 1 saturated heterocycles. The van der Waals surface area contributed by atoms with Gasteiger partial charge in [-0.05, 0) is 47.7 Å². The Morgan fingerprint density at radius 1 is 1.31 bits per heavy atom. The van der Waals surface area contributed by atoms with Crippen molar-refractivity contribution < 1.29 is 12.8 Å². The van der Waals surface area contributed by atoms with Gasteiger partial charge in [-0.15, -0.1) is 0 Å². The van der Waals surface area contributed by atoms with Crippen LogP contribution in [-0.4, -0.2) is 34.3 Å². The van der Waals surface area contributed by atoms with Crippen LogP contribution in [0.2, 0.25) is 0 Å². The second-order valence-electron chi connectivity index (χ2n) is 8.94. The van der Waals surface area contributed by atoms with Crippen LogP contribution < -0.4 is 5.32 Å². The number of hydrogen-bond donors (Lipinski definition) is 1. The minimum Gasteiger partial charge on any atom is -0.307 e. The summed E-state index contributed by atoms with van der Waals surface area (Å²) in [4.78, 5) is 0. The molecule has 2 aromatic rings. The first-order valence-electron chi connectivity index (χ1n) is 9.78. The fourth-order valence-corrected chi connectivity index (χ4v) is 5.93. The van der Waals surface area contributed by atoms with Crippen molar-refractivity contribution in [2.45, 2.75) is 46.3 Å². The van der Waals surface area contributed by atoms with Crippen molar-refractivity contribution >= 4 is 22.1 Å². The Hall–Kier alpha value is -1.58. The van der Waals surface area contributed by atoms with E-state index in [0.717, 1.165) is 11.4 Å². The average molecular weight is 441 g/mol. The zero-order valence-corrected chi connectivity index (χ0v) is 19.0. The van der Waals surface area contributed by atoms with Gasteiger partial charge in [-0.3, -0.25) is 5.32 Å². The van der Waals surface area contributed by atoms with E-state index in [0.29, 0.717) is 24.3 Å². The van der Waals surface area contributed by atoms with E-state index in [9.17, 15) is 12.8 Å². The molecule has 29 heavy (non-hydrogen) atoms. The SMILES string of the molecule is Cn1c(CC2CCS(=O)(=O)C2)nn(CNC(c2ccc(F)cc2)C(C)(C)C)c1=S. The summed E-state index contributed by atoms with van der Waals surface area (Å²) >= 11 is 5.53. The first kappa shape index (κ1) is 22.1. The molecule has 1 aromatic carbocycles. The third kappa shape index (κ3) is 5.32. The highest BCUT2D eigenvalue weighted by molar-refractivity contribution is 7.91. The zero-order valence-electron chi connectivity index (χ0n) is 17.4. The molecule has 0 saturated carbocycles. The lowest BCUT2D eigenvalue weighted by atomic mass is 9.82. The fourth-order valence-electron chi connectivity index (χ4n) is 3.86. The Bertz CT molecular complexity index is 1020. The largest absolute Gasteiger partial charge is 0.307 e. The van der Waals surface area contributed by atoms with E-state index in [-0.39, 0.29) is 34.7 Å². The molecule has 9 heteroatoms. The Morgan fingerprint density at radius 3 is 2.52 bits per heavy atom. The van der Waals surface area contributed by atoms with Gasteiger partial charge in [0.05, 0.1) is 18.2 Å². The van der Waals surface area contributed by atoms with Crippen LogP contribution in [-0.2, 0) is 30.0 Å². The second-order valence-corrected chi connectivity index (χ2v) is 11.5. The van der Waals surface area contributed by atoms with Gasteiger partial charge in [0.2, 0.25) is 0 Å². The molecular weight excluding hydrogens is 411 g/mol. The number of hydrogen-bond acceptors (Lipinski definition) is 5. The van der Waals surface area contributed by atoms with Gasteiger partial charge in [0.15, 0.2) is 14.6 Å². The topological polar surface area (TPSA) is 68.9 Å². The fraction of sp³-hybridized carbons (Fsp3) is 0.600. The van der Waals surface area contributed by atoms with Crippen molar-refractivity contribution in [3.05, 3.63) is 46.2 Å². The van der Waals surface area contributed by atoms with Crippen molar-refractivity contribution in [1.29, 1.82) is 0 Å². The molecule has 0 spiro atoms. The van der Waals surface area contributed by atoms with Crippen LogP contribution in [0.25, 0.3) is 0 Å². The quantitative estimate of drug-likeness (QED) is 0.698. The lowest BCUT2D eigenvalue weighted by Crippen LogP contribution is -2.34. The van der Waals surface area contributed by atoms with E-state index in [1.807, 2.05) is 11.6 Å². The third-order valence-electron chi connectivity index (χ3n) is 5.44. The normalized spacial score (nSPS) is 20.1. The number of nitrogens with zero attached hydrogens (tertiary/aromatic N) is 3. The standard InChI is InChI=1S/C20H29FN4O2S2/c1-20(2,3)18(15-5-7-16(21)8-6-15)22-13-25-19(28)24(4)17(23-25)11-14-9-10-29(26,27)12-14/h5-8,14,18,22H,9-13H2,1-4H3. The van der Waals surface area contributed by atoms with Gasteiger partial charge in [0, 0.05) is 19.5 Å². The highest BCUT2D eigenvalue weighted by Gasteiger charge is 2.30. The number of nitrogens with one attached hydrogen (secondary N) is 1. The molecule has 1 N–H and O–H groups in total. The van der Waals surface area contributed by atoms with Crippen LogP contribution in [0.1, 0.15) is 44.6 Å². The predicted molar refractivity (Wildman–Crippen MR) is 114 cm³/mol. The molecule has 2 unspecified atom stereocenters. The molecule has 1 aromatic heterocycles. The summed E-state index contributed by atoms with van der Waals surface area (Å²) in [6.07, 6.45) is 1.28. The maximum absolute atomic E-state index is 13.3. The maximum atomic E-state index is 13.3. The lowest BCUT2D eigenvalue weighted by Gasteiger charge is -2.32. The highest BCUT2D eigenvalue weighted by atomic mass is 32.2. The van der Waals surface area contributed by atoms with Crippen molar-refractivity contribution in [3.8, 4) is 0 Å². The molecule has 2 heterocycles. The van der Waals surface area contributed by atoms with Crippen LogP contribution in [0.5, 0.6) is 0 Å². The van der Waals surface area contributed by atoms with E-state index < -0.39 is 9.84 Å². The summed E-state index contributed by atoms with van der Waals surface area (Å²) in [5, 5.41) is 8.14. The van der Waals surface area contributed by atoms with E-state index in [4.69, 9.17) is 12.2 Å². The number of benzene rings is 1. The third-order valence-corrected chi connectivity index (χ3v) is 7.77. The van der Waals surface area contributed by atoms with Gasteiger partial charge in [0.1, 0.15) is 11.6 Å². The molecule has 2 atom stereocenters. The smallest absolute Gasteiger partial charge is 0.198 e. The first-order chi connectivity index (χ1) is 13.5. The van der Waals surface area contributed by atoms with Crippen LogP contribution in [0.3, 0.4) is 0 Å². The minimum atomic E-state index is -2.91. The first-order valence-corrected chi connectivity index (χ1v) is 12.0. The molecular formula is C20H29FN4O2S2. The van der Waals surface area contributed by atoms with Gasteiger partial charge >= 0.3 is 0 Å². The van der Waals surface area contributed by atoms with Crippen molar-refractivity contribution in [3.63, 3.8) is 0 Å². The number of halogens is 1. The highest BCUT2D eigenvalue weighted by Crippen LogP contribution is 2.33. The molecule has 0 aliphatic carbocycles. The summed E-state index contributed by atoms with van der Waals surface area (Å²) < 4.78 is 41.0. The van der Waals surface area contributed by atoms with Gasteiger partial charge in [-0.2, -0.15) is 5.10 Å². The molecule has 0 radical (unpaired) electrons. The minimum absolute atomic E-state index is 0.0181.